The quantitative estimate of drug-likeness (QED) is 0.695. The third-order valence-electron chi connectivity index (χ3n) is 2.98. The standard InChI is InChI=1S/C13H16O/c1-3-4-10-5-6-11-9(2)7-13(14)12(11)8-10/h5-6,8-9H,3-4,7H2,1-2H3. The molecule has 1 aliphatic carbocycles. The van der Waals surface area contributed by atoms with Crippen LogP contribution < -0.4 is 0 Å². The van der Waals surface area contributed by atoms with Gasteiger partial charge in [0.1, 0.15) is 0 Å². The number of carbonyl (C=O) groups excluding carboxylic acids is 1. The van der Waals surface area contributed by atoms with Crippen molar-refractivity contribution in [3.8, 4) is 0 Å². The van der Waals surface area contributed by atoms with Crippen molar-refractivity contribution in [2.24, 2.45) is 0 Å². The number of Topliss-reactive ketones (excluding diaryl/α,β-unsaturated/α-hetero) is 1. The van der Waals surface area contributed by atoms with Gasteiger partial charge in [-0.3, -0.25) is 4.79 Å². The average Bonchev–Trinajstić information content (AvgIpc) is 2.43. The number of benzene rings is 1. The summed E-state index contributed by atoms with van der Waals surface area (Å²) in [4.78, 5) is 11.6. The maximum absolute atomic E-state index is 11.6. The molecule has 74 valence electrons. The van der Waals surface area contributed by atoms with Gasteiger partial charge < -0.3 is 0 Å². The fourth-order valence-electron chi connectivity index (χ4n) is 2.22. The molecule has 1 heteroatoms. The Kier molecular flexibility index (Phi) is 2.40. The van der Waals surface area contributed by atoms with Crippen LogP contribution in [0.4, 0.5) is 0 Å². The van der Waals surface area contributed by atoms with E-state index in [1.54, 1.807) is 0 Å². The molecule has 0 radical (unpaired) electrons. The molecule has 0 N–H and O–H groups in total. The van der Waals surface area contributed by atoms with Gasteiger partial charge in [0.25, 0.3) is 0 Å². The van der Waals surface area contributed by atoms with E-state index in [-0.39, 0.29) is 0 Å². The van der Waals surface area contributed by atoms with Gasteiger partial charge in [-0.25, -0.2) is 0 Å². The van der Waals surface area contributed by atoms with Crippen LogP contribution in [0.3, 0.4) is 0 Å². The number of fused-ring (bicyclic) bond motifs is 1. The van der Waals surface area contributed by atoms with Crippen LogP contribution in [0, 0.1) is 0 Å². The van der Waals surface area contributed by atoms with Crippen LogP contribution in [-0.4, -0.2) is 5.78 Å². The third-order valence-corrected chi connectivity index (χ3v) is 2.98. The summed E-state index contributed by atoms with van der Waals surface area (Å²) in [5, 5.41) is 0. The zero-order valence-electron chi connectivity index (χ0n) is 8.84. The van der Waals surface area contributed by atoms with Gasteiger partial charge in [0.2, 0.25) is 0 Å². The molecule has 0 fully saturated rings. The molecule has 1 aromatic carbocycles. The molecule has 0 saturated heterocycles. The first-order chi connectivity index (χ1) is 6.72. The second kappa shape index (κ2) is 3.56. The molecule has 2 rings (SSSR count). The fraction of sp³-hybridized carbons (Fsp3) is 0.462. The second-order valence-electron chi connectivity index (χ2n) is 4.20. The minimum atomic E-state index is 0.324. The lowest BCUT2D eigenvalue weighted by Gasteiger charge is -2.04. The first-order valence-corrected chi connectivity index (χ1v) is 5.38. The van der Waals surface area contributed by atoms with Crippen molar-refractivity contribution in [3.63, 3.8) is 0 Å². The van der Waals surface area contributed by atoms with Gasteiger partial charge in [0, 0.05) is 12.0 Å². The maximum Gasteiger partial charge on any atom is 0.163 e. The normalized spacial score (nSPS) is 19.9. The lowest BCUT2D eigenvalue weighted by atomic mass is 10.00. The average molecular weight is 188 g/mol. The number of carbonyl (C=O) groups is 1. The van der Waals surface area contributed by atoms with E-state index in [9.17, 15) is 4.79 Å². The van der Waals surface area contributed by atoms with Gasteiger partial charge in [-0.1, -0.05) is 32.4 Å². The molecule has 1 aliphatic rings. The van der Waals surface area contributed by atoms with Crippen molar-refractivity contribution in [2.45, 2.75) is 39.0 Å². The van der Waals surface area contributed by atoms with Crippen molar-refractivity contribution in [1.29, 1.82) is 0 Å². The van der Waals surface area contributed by atoms with Crippen LogP contribution in [-0.2, 0) is 6.42 Å². The Morgan fingerprint density at radius 2 is 2.21 bits per heavy atom. The largest absolute Gasteiger partial charge is 0.294 e. The molecule has 1 nitrogen and oxygen atoms in total. The first-order valence-electron chi connectivity index (χ1n) is 5.38. The Hall–Kier alpha value is -1.11. The van der Waals surface area contributed by atoms with Gasteiger partial charge in [0.15, 0.2) is 5.78 Å². The van der Waals surface area contributed by atoms with Gasteiger partial charge in [-0.2, -0.15) is 0 Å². The highest BCUT2D eigenvalue weighted by Gasteiger charge is 2.25. The Bertz CT molecular complexity index is 365. The monoisotopic (exact) mass is 188 g/mol. The van der Waals surface area contributed by atoms with Crippen LogP contribution in [0.1, 0.15) is 54.1 Å². The number of ketones is 1. The molecule has 0 bridgehead atoms. The number of hydrogen-bond donors (Lipinski definition) is 0. The van der Waals surface area contributed by atoms with E-state index in [2.05, 4.69) is 32.0 Å². The van der Waals surface area contributed by atoms with Gasteiger partial charge in [-0.15, -0.1) is 0 Å². The van der Waals surface area contributed by atoms with E-state index >= 15 is 0 Å². The molecule has 1 atom stereocenters. The lowest BCUT2D eigenvalue weighted by Crippen LogP contribution is -1.93. The summed E-state index contributed by atoms with van der Waals surface area (Å²) < 4.78 is 0. The van der Waals surface area contributed by atoms with Crippen LogP contribution in [0.25, 0.3) is 0 Å². The maximum atomic E-state index is 11.6. The summed E-state index contributed by atoms with van der Waals surface area (Å²) in [6.45, 7) is 4.29. The Labute approximate surface area is 85.1 Å². The molecule has 0 aliphatic heterocycles. The van der Waals surface area contributed by atoms with Crippen LogP contribution in [0.2, 0.25) is 0 Å². The minimum absolute atomic E-state index is 0.324. The van der Waals surface area contributed by atoms with Gasteiger partial charge >= 0.3 is 0 Å². The van der Waals surface area contributed by atoms with E-state index in [0.717, 1.165) is 18.4 Å². The predicted molar refractivity (Wildman–Crippen MR) is 57.8 cm³/mol. The Morgan fingerprint density at radius 1 is 1.43 bits per heavy atom. The molecule has 1 aromatic rings. The highest BCUT2D eigenvalue weighted by Crippen LogP contribution is 2.33. The molecule has 0 saturated carbocycles. The molecule has 0 amide bonds. The predicted octanol–water partition coefficient (Wildman–Crippen LogP) is 3.33. The molecule has 0 heterocycles. The highest BCUT2D eigenvalue weighted by atomic mass is 16.1. The molecular formula is C13H16O. The highest BCUT2D eigenvalue weighted by molar-refractivity contribution is 6.01. The third kappa shape index (κ3) is 1.47. The van der Waals surface area contributed by atoms with Gasteiger partial charge in [0.05, 0.1) is 0 Å². The SMILES string of the molecule is CCCc1ccc2c(c1)C(=O)CC2C. The van der Waals surface area contributed by atoms with Crippen LogP contribution in [0.15, 0.2) is 18.2 Å². The summed E-state index contributed by atoms with van der Waals surface area (Å²) in [5.74, 6) is 0.749. The molecular weight excluding hydrogens is 172 g/mol. The topological polar surface area (TPSA) is 17.1 Å². The minimum Gasteiger partial charge on any atom is -0.294 e. The fourth-order valence-corrected chi connectivity index (χ4v) is 2.22. The summed E-state index contributed by atoms with van der Waals surface area (Å²) in [6.07, 6.45) is 2.92. The van der Waals surface area contributed by atoms with Crippen LogP contribution >= 0.6 is 0 Å². The molecule has 14 heavy (non-hydrogen) atoms. The zero-order chi connectivity index (χ0) is 10.1. The van der Waals surface area contributed by atoms with E-state index in [1.165, 1.54) is 11.1 Å². The summed E-state index contributed by atoms with van der Waals surface area (Å²) in [7, 11) is 0. The number of aryl methyl sites for hydroxylation is 1. The second-order valence-corrected chi connectivity index (χ2v) is 4.20. The van der Waals surface area contributed by atoms with Crippen molar-refractivity contribution >= 4 is 5.78 Å². The molecule has 0 aromatic heterocycles. The van der Waals surface area contributed by atoms with E-state index in [0.29, 0.717) is 18.1 Å². The number of rotatable bonds is 2. The summed E-state index contributed by atoms with van der Waals surface area (Å²) in [6, 6.07) is 6.39. The first kappa shape index (κ1) is 9.45. The van der Waals surface area contributed by atoms with Crippen molar-refractivity contribution < 1.29 is 4.79 Å². The van der Waals surface area contributed by atoms with Crippen LogP contribution in [0.5, 0.6) is 0 Å². The number of hydrogen-bond acceptors (Lipinski definition) is 1. The lowest BCUT2D eigenvalue weighted by molar-refractivity contribution is 0.0990. The van der Waals surface area contributed by atoms with E-state index in [4.69, 9.17) is 0 Å². The van der Waals surface area contributed by atoms with E-state index < -0.39 is 0 Å². The zero-order valence-corrected chi connectivity index (χ0v) is 8.84. The smallest absolute Gasteiger partial charge is 0.163 e. The molecule has 1 unspecified atom stereocenters. The van der Waals surface area contributed by atoms with E-state index in [1.807, 2.05) is 0 Å². The molecule has 0 spiro atoms. The van der Waals surface area contributed by atoms with Crippen molar-refractivity contribution in [1.82, 2.24) is 0 Å². The Balaban J connectivity index is 2.39. The van der Waals surface area contributed by atoms with Gasteiger partial charge in [-0.05, 0) is 29.5 Å². The van der Waals surface area contributed by atoms with Crippen molar-refractivity contribution in [3.05, 3.63) is 34.9 Å². The summed E-state index contributed by atoms with van der Waals surface area (Å²) in [5.41, 5.74) is 3.52. The van der Waals surface area contributed by atoms with Crippen molar-refractivity contribution in [2.75, 3.05) is 0 Å². The summed E-state index contributed by atoms with van der Waals surface area (Å²) >= 11 is 0. The Morgan fingerprint density at radius 3 is 2.93 bits per heavy atom.